The zero-order valence-electron chi connectivity index (χ0n) is 14.6. The van der Waals surface area contributed by atoms with E-state index in [1.165, 1.54) is 23.5 Å². The summed E-state index contributed by atoms with van der Waals surface area (Å²) in [6.07, 6.45) is 0.911. The molecule has 0 atom stereocenters. The molecule has 6 heteroatoms. The number of aromatic nitrogens is 1. The van der Waals surface area contributed by atoms with Crippen molar-refractivity contribution in [3.05, 3.63) is 75.5 Å². The van der Waals surface area contributed by atoms with Gasteiger partial charge in [-0.25, -0.2) is 9.37 Å². The fraction of sp³-hybridized carbons (Fsp3) is 0.200. The molecular formula is C20H19FN2O2S. The van der Waals surface area contributed by atoms with Crippen LogP contribution < -0.4 is 10.1 Å². The van der Waals surface area contributed by atoms with Crippen molar-refractivity contribution in [1.29, 1.82) is 0 Å². The molecular weight excluding hydrogens is 351 g/mol. The summed E-state index contributed by atoms with van der Waals surface area (Å²) in [5, 5.41) is 3.61. The standard InChI is InChI=1S/C20H19FN2O2S/c1-3-14-5-4-6-16(11-14)23-20(24)19-13(2)22-18(26-19)12-25-17-9-7-15(21)8-10-17/h4-11H,3,12H2,1-2H3,(H,23,24). The summed E-state index contributed by atoms with van der Waals surface area (Å²) in [6, 6.07) is 13.6. The summed E-state index contributed by atoms with van der Waals surface area (Å²) >= 11 is 1.30. The maximum absolute atomic E-state index is 12.9. The molecule has 0 bridgehead atoms. The van der Waals surface area contributed by atoms with Crippen molar-refractivity contribution in [3.8, 4) is 5.75 Å². The predicted octanol–water partition coefficient (Wildman–Crippen LogP) is 4.98. The summed E-state index contributed by atoms with van der Waals surface area (Å²) in [5.41, 5.74) is 2.60. The number of carbonyl (C=O) groups excluding carboxylic acids is 1. The fourth-order valence-electron chi connectivity index (χ4n) is 2.46. The van der Waals surface area contributed by atoms with Crippen LogP contribution in [0, 0.1) is 12.7 Å². The van der Waals surface area contributed by atoms with E-state index in [0.29, 0.717) is 21.3 Å². The van der Waals surface area contributed by atoms with Crippen molar-refractivity contribution in [3.63, 3.8) is 0 Å². The van der Waals surface area contributed by atoms with Crippen molar-refractivity contribution in [2.45, 2.75) is 26.9 Å². The molecule has 1 amide bonds. The second-order valence-corrected chi connectivity index (χ2v) is 6.86. The molecule has 4 nitrogen and oxygen atoms in total. The van der Waals surface area contributed by atoms with Crippen LogP contribution in [-0.2, 0) is 13.0 Å². The molecule has 0 aliphatic carbocycles. The van der Waals surface area contributed by atoms with E-state index in [4.69, 9.17) is 4.74 Å². The highest BCUT2D eigenvalue weighted by atomic mass is 32.1. The van der Waals surface area contributed by atoms with Crippen molar-refractivity contribution in [2.24, 2.45) is 0 Å². The smallest absolute Gasteiger partial charge is 0.267 e. The van der Waals surface area contributed by atoms with Gasteiger partial charge in [-0.2, -0.15) is 0 Å². The third-order valence-electron chi connectivity index (χ3n) is 3.82. The van der Waals surface area contributed by atoms with Crippen LogP contribution in [0.1, 0.15) is 32.9 Å². The Morgan fingerprint density at radius 1 is 1.23 bits per heavy atom. The molecule has 0 spiro atoms. The number of nitrogens with one attached hydrogen (secondary N) is 1. The van der Waals surface area contributed by atoms with Crippen LogP contribution in [0.25, 0.3) is 0 Å². The maximum atomic E-state index is 12.9. The number of rotatable bonds is 6. The Labute approximate surface area is 155 Å². The molecule has 1 heterocycles. The average Bonchev–Trinajstić information content (AvgIpc) is 3.02. The van der Waals surface area contributed by atoms with E-state index in [0.717, 1.165) is 17.7 Å². The number of halogens is 1. The van der Waals surface area contributed by atoms with E-state index >= 15 is 0 Å². The molecule has 26 heavy (non-hydrogen) atoms. The monoisotopic (exact) mass is 370 g/mol. The van der Waals surface area contributed by atoms with Gasteiger partial charge in [-0.1, -0.05) is 19.1 Å². The molecule has 0 aliphatic rings. The van der Waals surface area contributed by atoms with Gasteiger partial charge in [0.05, 0.1) is 5.69 Å². The summed E-state index contributed by atoms with van der Waals surface area (Å²) in [7, 11) is 0. The molecule has 0 radical (unpaired) electrons. The van der Waals surface area contributed by atoms with Gasteiger partial charge in [0.15, 0.2) is 0 Å². The lowest BCUT2D eigenvalue weighted by molar-refractivity contribution is 0.103. The van der Waals surface area contributed by atoms with Crippen LogP contribution in [0.2, 0.25) is 0 Å². The quantitative estimate of drug-likeness (QED) is 0.665. The van der Waals surface area contributed by atoms with E-state index < -0.39 is 0 Å². The van der Waals surface area contributed by atoms with Gasteiger partial charge in [0, 0.05) is 5.69 Å². The van der Waals surface area contributed by atoms with Crippen LogP contribution in [0.5, 0.6) is 5.75 Å². The number of thiazole rings is 1. The number of anilines is 1. The highest BCUT2D eigenvalue weighted by Crippen LogP contribution is 2.22. The molecule has 2 aromatic carbocycles. The Morgan fingerprint density at radius 3 is 2.73 bits per heavy atom. The maximum Gasteiger partial charge on any atom is 0.267 e. The molecule has 3 rings (SSSR count). The normalized spacial score (nSPS) is 10.6. The van der Waals surface area contributed by atoms with Gasteiger partial charge >= 0.3 is 0 Å². The van der Waals surface area contributed by atoms with Gasteiger partial charge in [-0.3, -0.25) is 4.79 Å². The first-order valence-corrected chi connectivity index (χ1v) is 9.11. The molecule has 0 saturated carbocycles. The number of nitrogens with zero attached hydrogens (tertiary/aromatic N) is 1. The summed E-state index contributed by atoms with van der Waals surface area (Å²) in [5.74, 6) is 0.0662. The van der Waals surface area contributed by atoms with Gasteiger partial charge in [0.1, 0.15) is 28.1 Å². The highest BCUT2D eigenvalue weighted by molar-refractivity contribution is 7.13. The van der Waals surface area contributed by atoms with Crippen molar-refractivity contribution < 1.29 is 13.9 Å². The highest BCUT2D eigenvalue weighted by Gasteiger charge is 2.16. The third-order valence-corrected chi connectivity index (χ3v) is 4.95. The Bertz CT molecular complexity index is 906. The van der Waals surface area contributed by atoms with Crippen LogP contribution >= 0.6 is 11.3 Å². The largest absolute Gasteiger partial charge is 0.486 e. The minimum absolute atomic E-state index is 0.179. The lowest BCUT2D eigenvalue weighted by atomic mass is 10.1. The van der Waals surface area contributed by atoms with Crippen LogP contribution in [0.4, 0.5) is 10.1 Å². The first-order chi connectivity index (χ1) is 12.5. The Hall–Kier alpha value is -2.73. The van der Waals surface area contributed by atoms with Crippen molar-refractivity contribution >= 4 is 22.9 Å². The minimum Gasteiger partial charge on any atom is -0.486 e. The summed E-state index contributed by atoms with van der Waals surface area (Å²) in [4.78, 5) is 17.5. The second-order valence-electron chi connectivity index (χ2n) is 5.77. The van der Waals surface area contributed by atoms with E-state index in [1.54, 1.807) is 19.1 Å². The summed E-state index contributed by atoms with van der Waals surface area (Å²) < 4.78 is 18.5. The number of amides is 1. The molecule has 3 aromatic rings. The minimum atomic E-state index is -0.312. The first kappa shape index (κ1) is 18.1. The molecule has 134 valence electrons. The molecule has 1 aromatic heterocycles. The van der Waals surface area contributed by atoms with Gasteiger partial charge in [0.2, 0.25) is 0 Å². The van der Waals surface area contributed by atoms with Crippen LogP contribution in [0.3, 0.4) is 0 Å². The predicted molar refractivity (Wildman–Crippen MR) is 101 cm³/mol. The topological polar surface area (TPSA) is 51.2 Å². The number of ether oxygens (including phenoxy) is 1. The van der Waals surface area contributed by atoms with Crippen LogP contribution in [-0.4, -0.2) is 10.9 Å². The lowest BCUT2D eigenvalue weighted by Gasteiger charge is -2.05. The number of carbonyl (C=O) groups is 1. The third kappa shape index (κ3) is 4.46. The number of hydrogen-bond acceptors (Lipinski definition) is 4. The Kier molecular flexibility index (Phi) is 5.63. The second kappa shape index (κ2) is 8.10. The summed E-state index contributed by atoms with van der Waals surface area (Å²) in [6.45, 7) is 4.10. The average molecular weight is 370 g/mol. The van der Waals surface area contributed by atoms with E-state index in [9.17, 15) is 9.18 Å². The first-order valence-electron chi connectivity index (χ1n) is 8.30. The van der Waals surface area contributed by atoms with Crippen LogP contribution in [0.15, 0.2) is 48.5 Å². The van der Waals surface area contributed by atoms with Gasteiger partial charge < -0.3 is 10.1 Å². The van der Waals surface area contributed by atoms with Gasteiger partial charge in [0.25, 0.3) is 5.91 Å². The molecule has 0 aliphatic heterocycles. The molecule has 0 saturated heterocycles. The molecule has 1 N–H and O–H groups in total. The van der Waals surface area contributed by atoms with Gasteiger partial charge in [-0.15, -0.1) is 11.3 Å². The van der Waals surface area contributed by atoms with E-state index in [-0.39, 0.29) is 18.3 Å². The van der Waals surface area contributed by atoms with E-state index in [2.05, 4.69) is 17.2 Å². The molecule has 0 fully saturated rings. The number of aryl methyl sites for hydroxylation is 2. The number of benzene rings is 2. The molecule has 0 unspecified atom stereocenters. The van der Waals surface area contributed by atoms with Crippen molar-refractivity contribution in [2.75, 3.05) is 5.32 Å². The Balaban J connectivity index is 1.66. The number of hydrogen-bond donors (Lipinski definition) is 1. The van der Waals surface area contributed by atoms with Crippen molar-refractivity contribution in [1.82, 2.24) is 4.98 Å². The van der Waals surface area contributed by atoms with Gasteiger partial charge in [-0.05, 0) is 55.3 Å². The zero-order valence-corrected chi connectivity index (χ0v) is 15.4. The lowest BCUT2D eigenvalue weighted by Crippen LogP contribution is -2.11. The SMILES string of the molecule is CCc1cccc(NC(=O)c2sc(COc3ccc(F)cc3)nc2C)c1. The Morgan fingerprint density at radius 2 is 2.00 bits per heavy atom. The fourth-order valence-corrected chi connectivity index (χ4v) is 3.33. The zero-order chi connectivity index (χ0) is 18.5. The van der Waals surface area contributed by atoms with E-state index in [1.807, 2.05) is 24.3 Å².